The van der Waals surface area contributed by atoms with E-state index in [1.54, 1.807) is 13.0 Å². The van der Waals surface area contributed by atoms with E-state index in [0.717, 1.165) is 0 Å². The Hall–Kier alpha value is -2.31. The Morgan fingerprint density at radius 3 is 2.67 bits per heavy atom. The number of aliphatic carboxylic acids is 1. The Morgan fingerprint density at radius 1 is 1.44 bits per heavy atom. The molecular weight excluding hydrogens is 240 g/mol. The highest BCUT2D eigenvalue weighted by atomic mass is 16.4. The number of carbonyl (C=O) groups excluding carboxylic acids is 2. The van der Waals surface area contributed by atoms with E-state index >= 15 is 0 Å². The van der Waals surface area contributed by atoms with Gasteiger partial charge in [0.05, 0.1) is 12.8 Å². The lowest BCUT2D eigenvalue weighted by atomic mass is 10.2. The maximum absolute atomic E-state index is 11.4. The van der Waals surface area contributed by atoms with E-state index in [9.17, 15) is 14.4 Å². The van der Waals surface area contributed by atoms with Crippen LogP contribution < -0.4 is 10.6 Å². The number of nitrogens with one attached hydrogen (secondary N) is 2. The number of carbonyl (C=O) groups is 3. The molecule has 1 rings (SSSR count). The van der Waals surface area contributed by atoms with Gasteiger partial charge in [0.15, 0.2) is 5.76 Å². The Kier molecular flexibility index (Phi) is 4.91. The van der Waals surface area contributed by atoms with Crippen molar-refractivity contribution in [3.05, 3.63) is 24.2 Å². The molecular formula is C11H14N2O5. The minimum Gasteiger partial charge on any atom is -0.480 e. The molecule has 0 radical (unpaired) electrons. The van der Waals surface area contributed by atoms with Gasteiger partial charge in [-0.2, -0.15) is 0 Å². The fourth-order valence-electron chi connectivity index (χ4n) is 1.24. The molecule has 1 atom stereocenters. The van der Waals surface area contributed by atoms with Gasteiger partial charge in [-0.25, -0.2) is 4.79 Å². The molecule has 0 saturated heterocycles. The second-order valence-electron chi connectivity index (χ2n) is 3.53. The van der Waals surface area contributed by atoms with Gasteiger partial charge < -0.3 is 20.2 Å². The lowest BCUT2D eigenvalue weighted by Gasteiger charge is -2.12. The van der Waals surface area contributed by atoms with Crippen LogP contribution in [0, 0.1) is 0 Å². The normalized spacial score (nSPS) is 11.6. The van der Waals surface area contributed by atoms with Crippen LogP contribution >= 0.6 is 0 Å². The third kappa shape index (κ3) is 3.93. The number of carboxylic acid groups (broad SMARTS) is 1. The molecule has 98 valence electrons. The third-order valence-electron chi connectivity index (χ3n) is 2.20. The number of carboxylic acids is 1. The van der Waals surface area contributed by atoms with E-state index < -0.39 is 23.8 Å². The minimum atomic E-state index is -1.11. The number of hydrogen-bond donors (Lipinski definition) is 3. The smallest absolute Gasteiger partial charge is 0.326 e. The molecule has 0 fully saturated rings. The zero-order valence-corrected chi connectivity index (χ0v) is 9.80. The van der Waals surface area contributed by atoms with Gasteiger partial charge in [-0.15, -0.1) is 0 Å². The lowest BCUT2D eigenvalue weighted by molar-refractivity contribution is -0.141. The number of furan rings is 1. The first-order valence-electron chi connectivity index (χ1n) is 5.38. The molecule has 2 amide bonds. The fraction of sp³-hybridized carbons (Fsp3) is 0.364. The van der Waals surface area contributed by atoms with E-state index in [-0.39, 0.29) is 18.7 Å². The molecule has 0 unspecified atom stereocenters. The summed E-state index contributed by atoms with van der Waals surface area (Å²) < 4.78 is 4.83. The summed E-state index contributed by atoms with van der Waals surface area (Å²) in [5.41, 5.74) is 0. The first-order chi connectivity index (χ1) is 8.54. The fourth-order valence-corrected chi connectivity index (χ4v) is 1.24. The highest BCUT2D eigenvalue weighted by Gasteiger charge is 2.18. The van der Waals surface area contributed by atoms with Gasteiger partial charge in [-0.3, -0.25) is 9.59 Å². The zero-order chi connectivity index (χ0) is 13.5. The highest BCUT2D eigenvalue weighted by Crippen LogP contribution is 1.98. The van der Waals surface area contributed by atoms with Crippen molar-refractivity contribution in [2.75, 3.05) is 6.54 Å². The molecule has 0 saturated carbocycles. The largest absolute Gasteiger partial charge is 0.480 e. The van der Waals surface area contributed by atoms with Crippen molar-refractivity contribution in [1.82, 2.24) is 10.6 Å². The van der Waals surface area contributed by atoms with Crippen molar-refractivity contribution < 1.29 is 23.9 Å². The lowest BCUT2D eigenvalue weighted by Crippen LogP contribution is -2.45. The average molecular weight is 254 g/mol. The maximum atomic E-state index is 11.4. The van der Waals surface area contributed by atoms with E-state index in [2.05, 4.69) is 10.6 Å². The molecule has 1 aromatic heterocycles. The molecule has 3 N–H and O–H groups in total. The summed E-state index contributed by atoms with van der Waals surface area (Å²) in [7, 11) is 0. The summed E-state index contributed by atoms with van der Waals surface area (Å²) in [4.78, 5) is 33.4. The van der Waals surface area contributed by atoms with Crippen LogP contribution in [0.3, 0.4) is 0 Å². The Labute approximate surface area is 103 Å². The van der Waals surface area contributed by atoms with Crippen LogP contribution in [0.25, 0.3) is 0 Å². The van der Waals surface area contributed by atoms with Crippen molar-refractivity contribution >= 4 is 17.8 Å². The molecule has 1 aromatic rings. The molecule has 18 heavy (non-hydrogen) atoms. The van der Waals surface area contributed by atoms with Crippen molar-refractivity contribution in [3.63, 3.8) is 0 Å². The highest BCUT2D eigenvalue weighted by molar-refractivity contribution is 5.94. The Bertz CT molecular complexity index is 427. The molecule has 0 spiro atoms. The summed E-state index contributed by atoms with van der Waals surface area (Å²) in [5.74, 6) is -2.11. The quantitative estimate of drug-likeness (QED) is 0.661. The summed E-state index contributed by atoms with van der Waals surface area (Å²) in [6.07, 6.45) is 1.61. The number of hydrogen-bond acceptors (Lipinski definition) is 4. The van der Waals surface area contributed by atoms with Crippen molar-refractivity contribution in [3.8, 4) is 0 Å². The van der Waals surface area contributed by atoms with Gasteiger partial charge in [0.2, 0.25) is 5.91 Å². The van der Waals surface area contributed by atoms with Gasteiger partial charge in [0, 0.05) is 0 Å². The average Bonchev–Trinajstić information content (AvgIpc) is 2.86. The van der Waals surface area contributed by atoms with Crippen LogP contribution in [0.1, 0.15) is 23.9 Å². The molecule has 0 aliphatic rings. The maximum Gasteiger partial charge on any atom is 0.326 e. The second kappa shape index (κ2) is 6.43. The summed E-state index contributed by atoms with van der Waals surface area (Å²) in [6, 6.07) is 2.06. The molecule has 0 aromatic carbocycles. The molecule has 7 nitrogen and oxygen atoms in total. The molecule has 1 heterocycles. The second-order valence-corrected chi connectivity index (χ2v) is 3.53. The van der Waals surface area contributed by atoms with E-state index in [0.29, 0.717) is 0 Å². The Morgan fingerprint density at radius 2 is 2.17 bits per heavy atom. The summed E-state index contributed by atoms with van der Waals surface area (Å²) in [6.45, 7) is 1.34. The monoisotopic (exact) mass is 254 g/mol. The van der Waals surface area contributed by atoms with E-state index in [1.807, 2.05) is 0 Å². The van der Waals surface area contributed by atoms with Crippen LogP contribution in [0.15, 0.2) is 22.8 Å². The number of rotatable bonds is 6. The van der Waals surface area contributed by atoms with Crippen molar-refractivity contribution in [2.24, 2.45) is 0 Å². The van der Waals surface area contributed by atoms with Gasteiger partial charge in [0.1, 0.15) is 6.04 Å². The summed E-state index contributed by atoms with van der Waals surface area (Å²) >= 11 is 0. The summed E-state index contributed by atoms with van der Waals surface area (Å²) in [5, 5.41) is 13.3. The van der Waals surface area contributed by atoms with Crippen LogP contribution in [0.4, 0.5) is 0 Å². The molecule has 0 bridgehead atoms. The zero-order valence-electron chi connectivity index (χ0n) is 9.80. The van der Waals surface area contributed by atoms with Gasteiger partial charge in [-0.05, 0) is 18.6 Å². The predicted molar refractivity (Wildman–Crippen MR) is 60.9 cm³/mol. The first-order valence-corrected chi connectivity index (χ1v) is 5.38. The topological polar surface area (TPSA) is 109 Å². The molecule has 0 aliphatic carbocycles. The van der Waals surface area contributed by atoms with Gasteiger partial charge in [-0.1, -0.05) is 6.92 Å². The SMILES string of the molecule is CC[C@H](NC(=O)CNC(=O)c1ccco1)C(=O)O. The van der Waals surface area contributed by atoms with Crippen LogP contribution in [-0.2, 0) is 9.59 Å². The minimum absolute atomic E-state index is 0.0908. The molecule has 0 aliphatic heterocycles. The van der Waals surface area contributed by atoms with E-state index in [4.69, 9.17) is 9.52 Å². The predicted octanol–water partition coefficient (Wildman–Crippen LogP) is -0.0112. The standard InChI is InChI=1S/C11H14N2O5/c1-2-7(11(16)17)13-9(14)6-12-10(15)8-4-3-5-18-8/h3-5,7H,2,6H2,1H3,(H,12,15)(H,13,14)(H,16,17)/t7-/m0/s1. The van der Waals surface area contributed by atoms with Crippen LogP contribution in [0.2, 0.25) is 0 Å². The first kappa shape index (κ1) is 13.8. The van der Waals surface area contributed by atoms with E-state index in [1.165, 1.54) is 12.3 Å². The van der Waals surface area contributed by atoms with Gasteiger partial charge >= 0.3 is 5.97 Å². The number of amides is 2. The van der Waals surface area contributed by atoms with Crippen LogP contribution in [0.5, 0.6) is 0 Å². The van der Waals surface area contributed by atoms with Crippen molar-refractivity contribution in [2.45, 2.75) is 19.4 Å². The third-order valence-corrected chi connectivity index (χ3v) is 2.20. The van der Waals surface area contributed by atoms with Crippen LogP contribution in [-0.4, -0.2) is 35.5 Å². The van der Waals surface area contributed by atoms with Crippen molar-refractivity contribution in [1.29, 1.82) is 0 Å². The Balaban J connectivity index is 2.37. The molecule has 7 heteroatoms. The van der Waals surface area contributed by atoms with Gasteiger partial charge in [0.25, 0.3) is 5.91 Å².